The van der Waals surface area contributed by atoms with Crippen LogP contribution in [0, 0.1) is 0 Å². The van der Waals surface area contributed by atoms with E-state index in [0.29, 0.717) is 0 Å². The molecule has 0 unspecified atom stereocenters. The molecule has 8 nitrogen and oxygen atoms in total. The summed E-state index contributed by atoms with van der Waals surface area (Å²) in [6.07, 6.45) is 0. The molecule has 0 aliphatic carbocycles. The molecule has 0 saturated carbocycles. The van der Waals surface area contributed by atoms with Crippen LogP contribution in [0.2, 0.25) is 0 Å². The molecule has 0 aromatic rings. The second kappa shape index (κ2) is 12.0. The van der Waals surface area contributed by atoms with Crippen LogP contribution in [0.5, 0.6) is 0 Å². The number of hydrogen-bond acceptors (Lipinski definition) is 8. The summed E-state index contributed by atoms with van der Waals surface area (Å²) in [5.74, 6) is -1.29. The number of rotatable bonds is 10. The van der Waals surface area contributed by atoms with E-state index in [-0.39, 0.29) is 67.1 Å². The molecule has 0 heterocycles. The molecule has 0 fully saturated rings. The fraction of sp³-hybridized carbons (Fsp3) is 0.500. The fourth-order valence-electron chi connectivity index (χ4n) is 0.851. The SMILES string of the molecule is C=C(C)C(=O)OCCOP(=O)([O-])OCCOC(=O)C(=C)C.[Na+]. The van der Waals surface area contributed by atoms with E-state index in [4.69, 9.17) is 0 Å². The van der Waals surface area contributed by atoms with Crippen molar-refractivity contribution in [3.63, 3.8) is 0 Å². The summed E-state index contributed by atoms with van der Waals surface area (Å²) < 4.78 is 29.4. The number of hydrogen-bond donors (Lipinski definition) is 0. The third-order valence-corrected chi connectivity index (χ3v) is 2.83. The Hall–Kier alpha value is -0.470. The van der Waals surface area contributed by atoms with Gasteiger partial charge in [0.2, 0.25) is 0 Å². The van der Waals surface area contributed by atoms with Crippen LogP contribution in [0.15, 0.2) is 24.3 Å². The zero-order valence-electron chi connectivity index (χ0n) is 13.0. The van der Waals surface area contributed by atoms with Crippen molar-refractivity contribution in [2.45, 2.75) is 13.8 Å². The molecule has 0 spiro atoms. The Morgan fingerprint density at radius 2 is 1.23 bits per heavy atom. The molecular formula is C12H18NaO8P. The van der Waals surface area contributed by atoms with Gasteiger partial charge in [-0.05, 0) is 13.8 Å². The van der Waals surface area contributed by atoms with Crippen molar-refractivity contribution in [2.24, 2.45) is 0 Å². The number of phosphoric acid groups is 1. The Bertz CT molecular complexity index is 424. The van der Waals surface area contributed by atoms with Crippen LogP contribution in [0.4, 0.5) is 0 Å². The molecule has 0 N–H and O–H groups in total. The molecule has 0 rings (SSSR count). The summed E-state index contributed by atoms with van der Waals surface area (Å²) in [6.45, 7) is 8.34. The summed E-state index contributed by atoms with van der Waals surface area (Å²) in [4.78, 5) is 33.2. The van der Waals surface area contributed by atoms with Gasteiger partial charge in [0.05, 0.1) is 13.2 Å². The van der Waals surface area contributed by atoms with E-state index in [1.165, 1.54) is 13.8 Å². The normalized spacial score (nSPS) is 10.3. The Balaban J connectivity index is 0. The molecule has 0 amide bonds. The van der Waals surface area contributed by atoms with E-state index in [0.717, 1.165) is 0 Å². The predicted octanol–water partition coefficient (Wildman–Crippen LogP) is -2.27. The Morgan fingerprint density at radius 3 is 1.50 bits per heavy atom. The Labute approximate surface area is 151 Å². The molecular weight excluding hydrogens is 326 g/mol. The average Bonchev–Trinajstić information content (AvgIpc) is 2.38. The van der Waals surface area contributed by atoms with Crippen molar-refractivity contribution >= 4 is 19.8 Å². The maximum Gasteiger partial charge on any atom is 1.00 e. The largest absolute Gasteiger partial charge is 1.00 e. The second-order valence-corrected chi connectivity index (χ2v) is 5.36. The van der Waals surface area contributed by atoms with E-state index in [1.54, 1.807) is 0 Å². The summed E-state index contributed by atoms with van der Waals surface area (Å²) in [5, 5.41) is 0. The van der Waals surface area contributed by atoms with E-state index in [9.17, 15) is 19.0 Å². The molecule has 0 radical (unpaired) electrons. The first kappa shape index (κ1) is 23.8. The van der Waals surface area contributed by atoms with Gasteiger partial charge in [-0.3, -0.25) is 4.57 Å². The summed E-state index contributed by atoms with van der Waals surface area (Å²) in [6, 6.07) is 0. The molecule has 0 aromatic heterocycles. The van der Waals surface area contributed by atoms with Gasteiger partial charge >= 0.3 is 41.5 Å². The van der Waals surface area contributed by atoms with Crippen molar-refractivity contribution in [2.75, 3.05) is 26.4 Å². The maximum atomic E-state index is 11.3. The molecule has 0 atom stereocenters. The van der Waals surface area contributed by atoms with Gasteiger partial charge in [0.15, 0.2) is 0 Å². The standard InChI is InChI=1S/C12H19O8P.Na/c1-9(2)11(13)17-5-7-19-21(15,16)20-8-6-18-12(14)10(3)4;/h1,3,5-8H2,2,4H3,(H,15,16);/q;+1/p-1. The number of esters is 2. The fourth-order valence-corrected chi connectivity index (χ4v) is 1.52. The molecule has 0 saturated heterocycles. The first-order chi connectivity index (χ1) is 9.65. The molecule has 120 valence electrons. The van der Waals surface area contributed by atoms with Crippen molar-refractivity contribution < 1.29 is 67.1 Å². The molecule has 10 heteroatoms. The van der Waals surface area contributed by atoms with Crippen molar-refractivity contribution in [3.05, 3.63) is 24.3 Å². The van der Waals surface area contributed by atoms with Gasteiger partial charge in [0.1, 0.15) is 13.2 Å². The second-order valence-electron chi connectivity index (χ2n) is 3.95. The van der Waals surface area contributed by atoms with Gasteiger partial charge in [-0.25, -0.2) is 9.59 Å². The predicted molar refractivity (Wildman–Crippen MR) is 71.1 cm³/mol. The van der Waals surface area contributed by atoms with Crippen LogP contribution >= 0.6 is 7.82 Å². The number of carbonyl (C=O) groups is 2. The third-order valence-electron chi connectivity index (χ3n) is 1.83. The molecule has 0 aliphatic rings. The maximum absolute atomic E-state index is 11.3. The van der Waals surface area contributed by atoms with Gasteiger partial charge in [-0.2, -0.15) is 0 Å². The molecule has 0 aromatic carbocycles. The monoisotopic (exact) mass is 344 g/mol. The summed E-state index contributed by atoms with van der Waals surface area (Å²) in [7, 11) is -4.54. The quantitative estimate of drug-likeness (QED) is 0.143. The van der Waals surface area contributed by atoms with Crippen molar-refractivity contribution in [1.82, 2.24) is 0 Å². The van der Waals surface area contributed by atoms with Crippen LogP contribution in [-0.4, -0.2) is 38.4 Å². The first-order valence-electron chi connectivity index (χ1n) is 5.91. The minimum Gasteiger partial charge on any atom is -0.756 e. The van der Waals surface area contributed by atoms with Crippen LogP contribution < -0.4 is 34.5 Å². The summed E-state index contributed by atoms with van der Waals surface area (Å²) >= 11 is 0. The molecule has 0 aliphatic heterocycles. The van der Waals surface area contributed by atoms with Crippen LogP contribution in [0.3, 0.4) is 0 Å². The van der Waals surface area contributed by atoms with Crippen molar-refractivity contribution in [3.8, 4) is 0 Å². The number of carbonyl (C=O) groups excluding carboxylic acids is 2. The van der Waals surface area contributed by atoms with Gasteiger partial charge < -0.3 is 23.4 Å². The third kappa shape index (κ3) is 12.1. The van der Waals surface area contributed by atoms with Gasteiger partial charge in [0, 0.05) is 11.1 Å². The van der Waals surface area contributed by atoms with Gasteiger partial charge in [-0.15, -0.1) is 0 Å². The van der Waals surface area contributed by atoms with E-state index < -0.39 is 19.8 Å². The minimum absolute atomic E-state index is 0. The summed E-state index contributed by atoms with van der Waals surface area (Å²) in [5.41, 5.74) is 0.381. The minimum atomic E-state index is -4.54. The number of ether oxygens (including phenoxy) is 2. The van der Waals surface area contributed by atoms with Gasteiger partial charge in [-0.1, -0.05) is 13.2 Å². The van der Waals surface area contributed by atoms with E-state index in [2.05, 4.69) is 31.7 Å². The smallest absolute Gasteiger partial charge is 0.756 e. The van der Waals surface area contributed by atoms with Crippen LogP contribution in [0.25, 0.3) is 0 Å². The first-order valence-corrected chi connectivity index (χ1v) is 7.37. The van der Waals surface area contributed by atoms with Gasteiger partial charge in [0.25, 0.3) is 7.82 Å². The average molecular weight is 344 g/mol. The number of phosphoric ester groups is 1. The van der Waals surface area contributed by atoms with Crippen LogP contribution in [-0.2, 0) is 32.7 Å². The zero-order valence-corrected chi connectivity index (χ0v) is 15.9. The van der Waals surface area contributed by atoms with Crippen molar-refractivity contribution in [1.29, 1.82) is 0 Å². The zero-order chi connectivity index (χ0) is 16.5. The topological polar surface area (TPSA) is 111 Å². The van der Waals surface area contributed by atoms with E-state index in [1.807, 2.05) is 0 Å². The van der Waals surface area contributed by atoms with E-state index >= 15 is 0 Å². The molecule has 0 bridgehead atoms. The molecule has 22 heavy (non-hydrogen) atoms. The van der Waals surface area contributed by atoms with Crippen LogP contribution in [0.1, 0.15) is 13.8 Å². The Morgan fingerprint density at radius 1 is 0.909 bits per heavy atom. The Kier molecular flexibility index (Phi) is 13.0.